The predicted molar refractivity (Wildman–Crippen MR) is 154 cm³/mol. The van der Waals surface area contributed by atoms with Gasteiger partial charge < -0.3 is 10.2 Å². The van der Waals surface area contributed by atoms with Gasteiger partial charge in [-0.1, -0.05) is 12.1 Å². The Balaban J connectivity index is 1.52. The number of benzene rings is 1. The molecule has 0 saturated heterocycles. The number of aliphatic imine (C=N–C) groups is 1. The largest absolute Gasteiger partial charge is 0.355 e. The Labute approximate surface area is 228 Å². The van der Waals surface area contributed by atoms with Crippen LogP contribution < -0.4 is 10.2 Å². The lowest BCUT2D eigenvalue weighted by molar-refractivity contribution is -0.102. The van der Waals surface area contributed by atoms with Crippen LogP contribution in [0.15, 0.2) is 40.5 Å². The van der Waals surface area contributed by atoms with Gasteiger partial charge in [0.15, 0.2) is 23.8 Å². The van der Waals surface area contributed by atoms with Crippen LogP contribution >= 0.6 is 11.8 Å². The van der Waals surface area contributed by atoms with Gasteiger partial charge in [-0.3, -0.25) is 9.79 Å². The van der Waals surface area contributed by atoms with Gasteiger partial charge in [-0.2, -0.15) is 0 Å². The summed E-state index contributed by atoms with van der Waals surface area (Å²) in [5, 5.41) is 3.28. The van der Waals surface area contributed by atoms with E-state index in [1.807, 2.05) is 26.0 Å². The summed E-state index contributed by atoms with van der Waals surface area (Å²) in [7, 11) is 2.07. The molecule has 0 spiro atoms. The van der Waals surface area contributed by atoms with E-state index in [2.05, 4.69) is 57.5 Å². The SMILES string of the molecule is CSc1ccc(CN=C(C=O)Nc2c(C)nc(-c3c(C)ncnc3C3CC3)nc2N(C)C(C)C2CC2)cc1. The molecule has 9 heteroatoms. The van der Waals surface area contributed by atoms with Crippen LogP contribution in [-0.2, 0) is 11.3 Å². The molecule has 1 atom stereocenters. The third-order valence-corrected chi connectivity index (χ3v) is 8.27. The molecule has 198 valence electrons. The first-order valence-electron chi connectivity index (χ1n) is 13.2. The fourth-order valence-corrected chi connectivity index (χ4v) is 5.14. The second kappa shape index (κ2) is 11.2. The molecule has 1 aromatic carbocycles. The van der Waals surface area contributed by atoms with E-state index in [9.17, 15) is 4.79 Å². The first-order chi connectivity index (χ1) is 18.4. The van der Waals surface area contributed by atoms with E-state index in [0.717, 1.165) is 53.2 Å². The van der Waals surface area contributed by atoms with Gasteiger partial charge in [-0.05, 0) is 76.3 Å². The summed E-state index contributed by atoms with van der Waals surface area (Å²) in [6, 6.07) is 8.52. The number of nitrogens with zero attached hydrogens (tertiary/aromatic N) is 6. The predicted octanol–water partition coefficient (Wildman–Crippen LogP) is 5.59. The van der Waals surface area contributed by atoms with Gasteiger partial charge in [0.1, 0.15) is 12.0 Å². The molecule has 1 unspecified atom stereocenters. The van der Waals surface area contributed by atoms with Crippen LogP contribution in [0.25, 0.3) is 11.4 Å². The van der Waals surface area contributed by atoms with Gasteiger partial charge in [0.2, 0.25) is 0 Å². The minimum absolute atomic E-state index is 0.255. The number of rotatable bonds is 10. The highest BCUT2D eigenvalue weighted by molar-refractivity contribution is 7.98. The van der Waals surface area contributed by atoms with E-state index < -0.39 is 0 Å². The van der Waals surface area contributed by atoms with Gasteiger partial charge >= 0.3 is 0 Å². The Morgan fingerprint density at radius 2 is 1.87 bits per heavy atom. The molecular weight excluding hydrogens is 494 g/mol. The minimum atomic E-state index is 0.255. The van der Waals surface area contributed by atoms with Crippen LogP contribution in [0.1, 0.15) is 61.2 Å². The third-order valence-electron chi connectivity index (χ3n) is 7.53. The van der Waals surface area contributed by atoms with E-state index >= 15 is 0 Å². The van der Waals surface area contributed by atoms with Crippen molar-refractivity contribution in [2.75, 3.05) is 23.5 Å². The molecule has 38 heavy (non-hydrogen) atoms. The number of hydrogen-bond acceptors (Lipinski definition) is 8. The first-order valence-corrected chi connectivity index (χ1v) is 14.4. The molecule has 2 aromatic heterocycles. The fraction of sp³-hybridized carbons (Fsp3) is 0.448. The van der Waals surface area contributed by atoms with Crippen LogP contribution in [0.3, 0.4) is 0 Å². The summed E-state index contributed by atoms with van der Waals surface area (Å²) in [4.78, 5) is 39.1. The molecule has 2 saturated carbocycles. The molecule has 2 heterocycles. The average molecular weight is 530 g/mol. The zero-order valence-electron chi connectivity index (χ0n) is 22.7. The number of amidine groups is 1. The maximum atomic E-state index is 12.1. The molecular formula is C29H35N7OS. The van der Waals surface area contributed by atoms with Crippen molar-refractivity contribution in [3.05, 3.63) is 53.2 Å². The number of carbonyl (C=O) groups excluding carboxylic acids is 1. The van der Waals surface area contributed by atoms with Crippen molar-refractivity contribution in [1.29, 1.82) is 0 Å². The quantitative estimate of drug-likeness (QED) is 0.157. The van der Waals surface area contributed by atoms with E-state index in [1.165, 1.54) is 17.7 Å². The lowest BCUT2D eigenvalue weighted by Gasteiger charge is -2.29. The number of aromatic nitrogens is 4. The van der Waals surface area contributed by atoms with Crippen LogP contribution in [0.5, 0.6) is 0 Å². The molecule has 0 aliphatic heterocycles. The number of carbonyl (C=O) groups is 1. The van der Waals surface area contributed by atoms with Crippen molar-refractivity contribution in [2.24, 2.45) is 10.9 Å². The molecule has 3 aromatic rings. The molecule has 5 rings (SSSR count). The number of anilines is 2. The lowest BCUT2D eigenvalue weighted by Crippen LogP contribution is -2.33. The summed E-state index contributed by atoms with van der Waals surface area (Å²) in [6.07, 6.45) is 9.16. The smallest absolute Gasteiger partial charge is 0.185 e. The second-order valence-electron chi connectivity index (χ2n) is 10.3. The van der Waals surface area contributed by atoms with Crippen molar-refractivity contribution >= 4 is 35.4 Å². The Morgan fingerprint density at radius 3 is 2.50 bits per heavy atom. The Hall–Kier alpha value is -3.33. The summed E-state index contributed by atoms with van der Waals surface area (Å²) < 4.78 is 0. The maximum absolute atomic E-state index is 12.1. The standard InChI is InChI=1S/C29H35N7OS/c1-17-25(27(22-10-11-22)32-16-31-17)28-33-18(2)26(29(35-28)36(4)19(3)21-8-9-21)34-24(15-37)30-14-20-6-12-23(38-5)13-7-20/h6-7,12-13,15-16,19,21-22H,8-11,14H2,1-5H3,(H,30,34). The number of hydrogen-bond donors (Lipinski definition) is 1. The summed E-state index contributed by atoms with van der Waals surface area (Å²) in [5.74, 6) is 2.73. The molecule has 2 fully saturated rings. The molecule has 1 N–H and O–H groups in total. The van der Waals surface area contributed by atoms with Crippen LogP contribution in [0.4, 0.5) is 11.5 Å². The van der Waals surface area contributed by atoms with Crippen molar-refractivity contribution in [2.45, 2.75) is 69.9 Å². The van der Waals surface area contributed by atoms with E-state index in [0.29, 0.717) is 35.9 Å². The van der Waals surface area contributed by atoms with Crippen LogP contribution in [0, 0.1) is 19.8 Å². The van der Waals surface area contributed by atoms with Crippen molar-refractivity contribution in [3.8, 4) is 11.4 Å². The number of aryl methyl sites for hydroxylation is 2. The van der Waals surface area contributed by atoms with E-state index in [-0.39, 0.29) is 5.84 Å². The Kier molecular flexibility index (Phi) is 7.74. The normalized spacial score (nSPS) is 16.3. The zero-order chi connectivity index (χ0) is 26.8. The molecule has 0 amide bonds. The zero-order valence-corrected chi connectivity index (χ0v) is 23.5. The van der Waals surface area contributed by atoms with Crippen molar-refractivity contribution in [3.63, 3.8) is 0 Å². The molecule has 0 bridgehead atoms. The topological polar surface area (TPSA) is 96.3 Å². The highest BCUT2D eigenvalue weighted by Gasteiger charge is 2.34. The molecule has 2 aliphatic carbocycles. The van der Waals surface area contributed by atoms with Crippen molar-refractivity contribution < 1.29 is 4.79 Å². The van der Waals surface area contributed by atoms with Gasteiger partial charge in [-0.15, -0.1) is 11.8 Å². The van der Waals surface area contributed by atoms with Crippen LogP contribution in [-0.4, -0.2) is 51.4 Å². The summed E-state index contributed by atoms with van der Waals surface area (Å²) >= 11 is 1.70. The highest BCUT2D eigenvalue weighted by Crippen LogP contribution is 2.44. The average Bonchev–Trinajstić information content (AvgIpc) is 3.84. The second-order valence-corrected chi connectivity index (χ2v) is 11.2. The van der Waals surface area contributed by atoms with Crippen molar-refractivity contribution in [1.82, 2.24) is 19.9 Å². The fourth-order valence-electron chi connectivity index (χ4n) is 4.74. The molecule has 8 nitrogen and oxygen atoms in total. The third kappa shape index (κ3) is 5.72. The van der Waals surface area contributed by atoms with E-state index in [4.69, 9.17) is 9.97 Å². The number of thioether (sulfide) groups is 1. The van der Waals surface area contributed by atoms with Gasteiger partial charge in [0.05, 0.1) is 29.2 Å². The number of aldehydes is 1. The Morgan fingerprint density at radius 1 is 1.13 bits per heavy atom. The Bertz CT molecular complexity index is 1350. The van der Waals surface area contributed by atoms with Gasteiger partial charge in [-0.25, -0.2) is 19.9 Å². The highest BCUT2D eigenvalue weighted by atomic mass is 32.2. The molecule has 0 radical (unpaired) electrons. The summed E-state index contributed by atoms with van der Waals surface area (Å²) in [6.45, 7) is 6.58. The van der Waals surface area contributed by atoms with Gasteiger partial charge in [0.25, 0.3) is 0 Å². The summed E-state index contributed by atoms with van der Waals surface area (Å²) in [5.41, 5.74) is 5.34. The first kappa shape index (κ1) is 26.3. The monoisotopic (exact) mass is 529 g/mol. The van der Waals surface area contributed by atoms with Crippen LogP contribution in [0.2, 0.25) is 0 Å². The van der Waals surface area contributed by atoms with E-state index in [1.54, 1.807) is 18.1 Å². The molecule has 2 aliphatic rings. The minimum Gasteiger partial charge on any atom is -0.355 e. The van der Waals surface area contributed by atoms with Gasteiger partial charge in [0, 0.05) is 23.9 Å². The maximum Gasteiger partial charge on any atom is 0.185 e. The lowest BCUT2D eigenvalue weighted by atomic mass is 10.1. The number of nitrogens with one attached hydrogen (secondary N) is 1.